The Kier molecular flexibility index (Phi) is 3.97. The maximum absolute atomic E-state index is 6.53. The normalized spacial score (nSPS) is 11.9. The molecule has 1 N–H and O–H groups in total. The fourth-order valence-corrected chi connectivity index (χ4v) is 5.66. The van der Waals surface area contributed by atoms with Gasteiger partial charge >= 0.3 is 0 Å². The molecule has 8 aromatic rings. The highest BCUT2D eigenvalue weighted by Crippen LogP contribution is 2.41. The lowest BCUT2D eigenvalue weighted by Gasteiger charge is -2.08. The third kappa shape index (κ3) is 2.79. The first-order chi connectivity index (χ1) is 17.8. The third-order valence-corrected chi connectivity index (χ3v) is 7.39. The highest BCUT2D eigenvalue weighted by Gasteiger charge is 2.16. The van der Waals surface area contributed by atoms with E-state index in [1.54, 1.807) is 0 Å². The summed E-state index contributed by atoms with van der Waals surface area (Å²) in [5.74, 6) is 0. The minimum atomic E-state index is 0.905. The van der Waals surface area contributed by atoms with E-state index in [9.17, 15) is 0 Å². The molecular formula is C34H21NO. The summed E-state index contributed by atoms with van der Waals surface area (Å²) in [5, 5.41) is 7.10. The zero-order valence-corrected chi connectivity index (χ0v) is 19.5. The Morgan fingerprint density at radius 1 is 0.417 bits per heavy atom. The summed E-state index contributed by atoms with van der Waals surface area (Å²) in [7, 11) is 0. The van der Waals surface area contributed by atoms with Crippen LogP contribution in [0.15, 0.2) is 126 Å². The fourth-order valence-electron chi connectivity index (χ4n) is 5.66. The first-order valence-electron chi connectivity index (χ1n) is 12.3. The van der Waals surface area contributed by atoms with Gasteiger partial charge < -0.3 is 9.40 Å². The van der Waals surface area contributed by atoms with Gasteiger partial charge in [0.2, 0.25) is 0 Å². The molecule has 0 saturated heterocycles. The first kappa shape index (κ1) is 19.5. The summed E-state index contributed by atoms with van der Waals surface area (Å²) < 4.78 is 6.53. The Morgan fingerprint density at radius 2 is 1.11 bits per heavy atom. The lowest BCUT2D eigenvalue weighted by molar-refractivity contribution is 0.673. The molecule has 0 saturated carbocycles. The predicted octanol–water partition coefficient (Wildman–Crippen LogP) is 9.71. The van der Waals surface area contributed by atoms with Crippen LogP contribution < -0.4 is 0 Å². The van der Waals surface area contributed by atoms with Gasteiger partial charge in [0.25, 0.3) is 0 Å². The summed E-state index contributed by atoms with van der Waals surface area (Å²) >= 11 is 0. The van der Waals surface area contributed by atoms with E-state index in [4.69, 9.17) is 4.42 Å². The van der Waals surface area contributed by atoms with Crippen molar-refractivity contribution in [1.29, 1.82) is 0 Å². The number of benzene rings is 6. The minimum Gasteiger partial charge on any atom is -0.455 e. The number of H-pyrrole nitrogens is 1. The lowest BCUT2D eigenvalue weighted by atomic mass is 9.95. The van der Waals surface area contributed by atoms with Crippen molar-refractivity contribution < 1.29 is 4.42 Å². The SMILES string of the molecule is c1ccc(-c2ccc3c(c2)[nH]c2cc4oc5c6ccccc6c(-c6ccccc6)cc5c4cc23)cc1. The molecule has 2 heteroatoms. The van der Waals surface area contributed by atoms with Crippen molar-refractivity contribution >= 4 is 54.5 Å². The maximum atomic E-state index is 6.53. The van der Waals surface area contributed by atoms with E-state index in [2.05, 4.69) is 126 Å². The van der Waals surface area contributed by atoms with Gasteiger partial charge in [-0.2, -0.15) is 0 Å². The van der Waals surface area contributed by atoms with Crippen LogP contribution in [0.4, 0.5) is 0 Å². The van der Waals surface area contributed by atoms with Crippen molar-refractivity contribution in [3.05, 3.63) is 121 Å². The molecule has 8 rings (SSSR count). The average Bonchev–Trinajstić information content (AvgIpc) is 3.49. The number of furan rings is 1. The molecule has 36 heavy (non-hydrogen) atoms. The highest BCUT2D eigenvalue weighted by atomic mass is 16.3. The van der Waals surface area contributed by atoms with Crippen LogP contribution >= 0.6 is 0 Å². The van der Waals surface area contributed by atoms with E-state index in [0.717, 1.165) is 38.4 Å². The van der Waals surface area contributed by atoms with Gasteiger partial charge in [-0.15, -0.1) is 0 Å². The molecule has 0 spiro atoms. The van der Waals surface area contributed by atoms with Crippen LogP contribution in [0.25, 0.3) is 76.8 Å². The van der Waals surface area contributed by atoms with E-state index in [-0.39, 0.29) is 0 Å². The number of hydrogen-bond donors (Lipinski definition) is 1. The molecule has 2 heterocycles. The zero-order valence-electron chi connectivity index (χ0n) is 19.5. The topological polar surface area (TPSA) is 28.9 Å². The third-order valence-electron chi connectivity index (χ3n) is 7.39. The van der Waals surface area contributed by atoms with Gasteiger partial charge in [0, 0.05) is 38.5 Å². The molecule has 0 aliphatic rings. The van der Waals surface area contributed by atoms with Gasteiger partial charge in [-0.05, 0) is 45.8 Å². The summed E-state index contributed by atoms with van der Waals surface area (Å²) in [5.41, 5.74) is 8.96. The van der Waals surface area contributed by atoms with Crippen LogP contribution in [0.2, 0.25) is 0 Å². The molecule has 2 aromatic heterocycles. The van der Waals surface area contributed by atoms with Gasteiger partial charge in [0.15, 0.2) is 0 Å². The standard InChI is InChI=1S/C34H21NO/c1-3-9-21(10-4-1)23-15-16-25-28-19-29-30-18-27(22-11-5-2-6-12-22)24-13-7-8-14-26(24)34(30)36-33(29)20-32(28)35-31(25)17-23/h1-20,35H. The summed E-state index contributed by atoms with van der Waals surface area (Å²) in [6.07, 6.45) is 0. The van der Waals surface area contributed by atoms with Gasteiger partial charge in [-0.25, -0.2) is 0 Å². The van der Waals surface area contributed by atoms with Gasteiger partial charge in [0.1, 0.15) is 11.2 Å². The summed E-state index contributed by atoms with van der Waals surface area (Å²) in [4.78, 5) is 3.64. The van der Waals surface area contributed by atoms with E-state index in [1.165, 1.54) is 38.4 Å². The molecule has 0 unspecified atom stereocenters. The molecule has 0 amide bonds. The second-order valence-corrected chi connectivity index (χ2v) is 9.46. The van der Waals surface area contributed by atoms with Crippen LogP contribution in [0.1, 0.15) is 0 Å². The van der Waals surface area contributed by atoms with Crippen molar-refractivity contribution in [2.75, 3.05) is 0 Å². The van der Waals surface area contributed by atoms with Crippen LogP contribution in [0, 0.1) is 0 Å². The minimum absolute atomic E-state index is 0.905. The van der Waals surface area contributed by atoms with Gasteiger partial charge in [0.05, 0.1) is 5.52 Å². The molecule has 0 atom stereocenters. The number of nitrogens with one attached hydrogen (secondary N) is 1. The van der Waals surface area contributed by atoms with E-state index in [0.29, 0.717) is 0 Å². The number of rotatable bonds is 2. The smallest absolute Gasteiger partial charge is 0.143 e. The monoisotopic (exact) mass is 459 g/mol. The van der Waals surface area contributed by atoms with Gasteiger partial charge in [-0.1, -0.05) is 97.1 Å². The van der Waals surface area contributed by atoms with Crippen molar-refractivity contribution in [2.24, 2.45) is 0 Å². The second kappa shape index (κ2) is 7.34. The number of aromatic nitrogens is 1. The fraction of sp³-hybridized carbons (Fsp3) is 0. The van der Waals surface area contributed by atoms with Crippen LogP contribution in [0.5, 0.6) is 0 Å². The van der Waals surface area contributed by atoms with Crippen molar-refractivity contribution in [2.45, 2.75) is 0 Å². The number of hydrogen-bond acceptors (Lipinski definition) is 1. The van der Waals surface area contributed by atoms with E-state index in [1.807, 2.05) is 0 Å². The van der Waals surface area contributed by atoms with Crippen molar-refractivity contribution in [1.82, 2.24) is 4.98 Å². The summed E-state index contributed by atoms with van der Waals surface area (Å²) in [6, 6.07) is 43.1. The first-order valence-corrected chi connectivity index (χ1v) is 12.3. The Hall–Kier alpha value is -4.82. The molecule has 168 valence electrons. The zero-order chi connectivity index (χ0) is 23.6. The van der Waals surface area contributed by atoms with E-state index >= 15 is 0 Å². The Bertz CT molecular complexity index is 2080. The molecule has 0 bridgehead atoms. The van der Waals surface area contributed by atoms with Crippen LogP contribution in [0.3, 0.4) is 0 Å². The number of aromatic amines is 1. The number of fused-ring (bicyclic) bond motifs is 8. The lowest BCUT2D eigenvalue weighted by Crippen LogP contribution is -1.82. The molecule has 2 nitrogen and oxygen atoms in total. The molecule has 0 radical (unpaired) electrons. The average molecular weight is 460 g/mol. The molecule has 0 aliphatic carbocycles. The Balaban J connectivity index is 1.42. The highest BCUT2D eigenvalue weighted by molar-refractivity contribution is 6.22. The van der Waals surface area contributed by atoms with Crippen molar-refractivity contribution in [3.8, 4) is 22.3 Å². The predicted molar refractivity (Wildman–Crippen MR) is 151 cm³/mol. The van der Waals surface area contributed by atoms with Gasteiger partial charge in [-0.3, -0.25) is 0 Å². The van der Waals surface area contributed by atoms with Crippen LogP contribution in [-0.2, 0) is 0 Å². The molecular weight excluding hydrogens is 438 g/mol. The maximum Gasteiger partial charge on any atom is 0.143 e. The molecule has 0 aliphatic heterocycles. The Labute approximate surface area is 207 Å². The Morgan fingerprint density at radius 3 is 1.92 bits per heavy atom. The quantitative estimate of drug-likeness (QED) is 0.274. The summed E-state index contributed by atoms with van der Waals surface area (Å²) in [6.45, 7) is 0. The molecule has 0 fully saturated rings. The van der Waals surface area contributed by atoms with Crippen molar-refractivity contribution in [3.63, 3.8) is 0 Å². The largest absolute Gasteiger partial charge is 0.455 e. The van der Waals surface area contributed by atoms with E-state index < -0.39 is 0 Å². The second-order valence-electron chi connectivity index (χ2n) is 9.46. The van der Waals surface area contributed by atoms with Crippen LogP contribution in [-0.4, -0.2) is 4.98 Å². The molecule has 6 aromatic carbocycles.